The monoisotopic (exact) mass is 426 g/mol. The first-order chi connectivity index (χ1) is 14.0. The minimum Gasteiger partial charge on any atom is -0.480 e. The number of rotatable bonds is 12. The average Bonchev–Trinajstić information content (AvgIpc) is 3.18. The maximum Gasteiger partial charge on any atom is 0.326 e. The van der Waals surface area contributed by atoms with Gasteiger partial charge in [-0.25, -0.2) is 9.78 Å². The summed E-state index contributed by atoms with van der Waals surface area (Å²) in [6.45, 7) is 1.19. The van der Waals surface area contributed by atoms with E-state index in [1.54, 1.807) is 0 Å². The van der Waals surface area contributed by atoms with Gasteiger partial charge < -0.3 is 43.2 Å². The van der Waals surface area contributed by atoms with Crippen molar-refractivity contribution in [3.05, 3.63) is 18.2 Å². The van der Waals surface area contributed by atoms with E-state index in [2.05, 4.69) is 25.9 Å². The first-order valence-corrected chi connectivity index (χ1v) is 8.90. The van der Waals surface area contributed by atoms with Gasteiger partial charge in [0.25, 0.3) is 0 Å². The molecule has 1 rings (SSSR count). The maximum atomic E-state index is 12.5. The van der Waals surface area contributed by atoms with Gasteiger partial charge in [-0.3, -0.25) is 19.2 Å². The van der Waals surface area contributed by atoms with Gasteiger partial charge in [-0.2, -0.15) is 0 Å². The summed E-state index contributed by atoms with van der Waals surface area (Å²) in [6, 6.07) is -4.95. The van der Waals surface area contributed by atoms with Gasteiger partial charge in [0.2, 0.25) is 23.6 Å². The molecule has 0 aliphatic rings. The number of carbonyl (C=O) groups is 5. The third-order valence-electron chi connectivity index (χ3n) is 3.97. The highest BCUT2D eigenvalue weighted by atomic mass is 16.4. The van der Waals surface area contributed by atoms with E-state index in [1.807, 2.05) is 0 Å². The molecule has 4 atom stereocenters. The lowest BCUT2D eigenvalue weighted by Crippen LogP contribution is -2.57. The zero-order valence-electron chi connectivity index (χ0n) is 16.3. The van der Waals surface area contributed by atoms with Crippen molar-refractivity contribution in [1.29, 1.82) is 0 Å². The van der Waals surface area contributed by atoms with Crippen LogP contribution < -0.4 is 33.2 Å². The predicted molar refractivity (Wildman–Crippen MR) is 102 cm³/mol. The van der Waals surface area contributed by atoms with Crippen LogP contribution in [0.1, 0.15) is 19.0 Å². The Kier molecular flexibility index (Phi) is 9.38. The molecule has 0 fully saturated rings. The van der Waals surface area contributed by atoms with Crippen molar-refractivity contribution in [2.75, 3.05) is 6.54 Å². The molecule has 1 heterocycles. The van der Waals surface area contributed by atoms with Crippen LogP contribution in [-0.2, 0) is 30.4 Å². The summed E-state index contributed by atoms with van der Waals surface area (Å²) in [4.78, 5) is 65.8. The zero-order chi connectivity index (χ0) is 22.8. The lowest BCUT2D eigenvalue weighted by molar-refractivity contribution is -0.142. The van der Waals surface area contributed by atoms with E-state index < -0.39 is 60.2 Å². The molecule has 11 N–H and O–H groups in total. The number of aromatic nitrogens is 2. The molecule has 0 radical (unpaired) electrons. The average molecular weight is 426 g/mol. The van der Waals surface area contributed by atoms with E-state index >= 15 is 0 Å². The fraction of sp³-hybridized carbons (Fsp3) is 0.500. The number of amides is 4. The van der Waals surface area contributed by atoms with Crippen molar-refractivity contribution in [3.8, 4) is 0 Å². The van der Waals surface area contributed by atoms with E-state index in [9.17, 15) is 29.1 Å². The standard InChI is InChI=1S/C16H26N8O6/c1-7(22-14(27)9(18)4-17)13(26)23-10(3-12(19)25)15(28)24-11(16(29)30)2-8-5-20-6-21-8/h5-7,9-11H,2-4,17-18H2,1H3,(H2,19,25)(H,20,21)(H,22,27)(H,23,26)(H,24,28)(H,29,30)/t7-,9?,10-,11-/m0/s1. The number of carboxylic acids is 1. The van der Waals surface area contributed by atoms with Crippen LogP contribution in [-0.4, -0.2) is 75.4 Å². The van der Waals surface area contributed by atoms with Gasteiger partial charge >= 0.3 is 5.97 Å². The quantitative estimate of drug-likeness (QED) is 0.161. The lowest BCUT2D eigenvalue weighted by atomic mass is 10.1. The largest absolute Gasteiger partial charge is 0.480 e. The van der Waals surface area contributed by atoms with Crippen molar-refractivity contribution < 1.29 is 29.1 Å². The summed E-state index contributed by atoms with van der Waals surface area (Å²) >= 11 is 0. The molecule has 0 aromatic carbocycles. The van der Waals surface area contributed by atoms with E-state index in [4.69, 9.17) is 17.2 Å². The van der Waals surface area contributed by atoms with Crippen molar-refractivity contribution >= 4 is 29.6 Å². The van der Waals surface area contributed by atoms with Gasteiger partial charge in [0.1, 0.15) is 18.1 Å². The molecule has 30 heavy (non-hydrogen) atoms. The molecule has 14 nitrogen and oxygen atoms in total. The first-order valence-electron chi connectivity index (χ1n) is 8.90. The van der Waals surface area contributed by atoms with Crippen LogP contribution >= 0.6 is 0 Å². The fourth-order valence-corrected chi connectivity index (χ4v) is 2.29. The third-order valence-corrected chi connectivity index (χ3v) is 3.97. The number of nitrogens with one attached hydrogen (secondary N) is 4. The molecule has 1 unspecified atom stereocenters. The Hall–Kier alpha value is -3.52. The highest BCUT2D eigenvalue weighted by Crippen LogP contribution is 2.02. The van der Waals surface area contributed by atoms with Gasteiger partial charge in [0.15, 0.2) is 0 Å². The highest BCUT2D eigenvalue weighted by Gasteiger charge is 2.30. The van der Waals surface area contributed by atoms with Crippen LogP contribution in [0, 0.1) is 0 Å². The van der Waals surface area contributed by atoms with Gasteiger partial charge in [-0.15, -0.1) is 0 Å². The number of carboxylic acid groups (broad SMARTS) is 1. The summed E-state index contributed by atoms with van der Waals surface area (Å²) in [7, 11) is 0. The summed E-state index contributed by atoms with van der Waals surface area (Å²) in [6.07, 6.45) is 2.04. The van der Waals surface area contributed by atoms with Gasteiger partial charge in [-0.1, -0.05) is 0 Å². The Morgan fingerprint density at radius 3 is 2.23 bits per heavy atom. The minimum atomic E-state index is -1.46. The maximum absolute atomic E-state index is 12.5. The molecular formula is C16H26N8O6. The molecule has 0 saturated carbocycles. The van der Waals surface area contributed by atoms with Crippen LogP contribution in [0.2, 0.25) is 0 Å². The molecule has 14 heteroatoms. The Bertz CT molecular complexity index is 768. The molecule has 1 aromatic rings. The Morgan fingerprint density at radius 2 is 1.73 bits per heavy atom. The summed E-state index contributed by atoms with van der Waals surface area (Å²) in [5.74, 6) is -4.67. The number of hydrogen-bond acceptors (Lipinski definition) is 8. The number of imidazole rings is 1. The molecule has 0 bridgehead atoms. The Morgan fingerprint density at radius 1 is 1.10 bits per heavy atom. The molecule has 0 spiro atoms. The second kappa shape index (κ2) is 11.5. The SMILES string of the molecule is C[C@H](NC(=O)C(N)CN)C(=O)N[C@@H](CC(N)=O)C(=O)N[C@@H](Cc1cnc[nH]1)C(=O)O. The number of H-pyrrole nitrogens is 1. The Balaban J connectivity index is 2.82. The fourth-order valence-electron chi connectivity index (χ4n) is 2.29. The number of carbonyl (C=O) groups excluding carboxylic acids is 4. The molecular weight excluding hydrogens is 400 g/mol. The molecule has 0 saturated heterocycles. The molecule has 4 amide bonds. The summed E-state index contributed by atoms with van der Waals surface area (Å²) in [5.41, 5.74) is 16.3. The number of hydrogen-bond donors (Lipinski definition) is 8. The van der Waals surface area contributed by atoms with E-state index in [0.29, 0.717) is 5.69 Å². The van der Waals surface area contributed by atoms with E-state index in [0.717, 1.165) is 0 Å². The third kappa shape index (κ3) is 7.84. The number of primary amides is 1. The summed E-state index contributed by atoms with van der Waals surface area (Å²) < 4.78 is 0. The number of aromatic amines is 1. The van der Waals surface area contributed by atoms with Crippen molar-refractivity contribution in [3.63, 3.8) is 0 Å². The van der Waals surface area contributed by atoms with Crippen molar-refractivity contribution in [2.24, 2.45) is 17.2 Å². The highest BCUT2D eigenvalue weighted by molar-refractivity contribution is 5.96. The van der Waals surface area contributed by atoms with Crippen molar-refractivity contribution in [1.82, 2.24) is 25.9 Å². The summed E-state index contributed by atoms with van der Waals surface area (Å²) in [5, 5.41) is 16.1. The zero-order valence-corrected chi connectivity index (χ0v) is 16.3. The van der Waals surface area contributed by atoms with Crippen LogP contribution in [0.3, 0.4) is 0 Å². The topological polar surface area (TPSA) is 248 Å². The van der Waals surface area contributed by atoms with E-state index in [-0.39, 0.29) is 13.0 Å². The predicted octanol–water partition coefficient (Wildman–Crippen LogP) is -4.33. The molecule has 1 aromatic heterocycles. The molecule has 0 aliphatic heterocycles. The second-order valence-corrected chi connectivity index (χ2v) is 6.48. The van der Waals surface area contributed by atoms with Gasteiger partial charge in [0, 0.05) is 24.9 Å². The van der Waals surface area contributed by atoms with Crippen LogP contribution in [0.4, 0.5) is 0 Å². The van der Waals surface area contributed by atoms with Gasteiger partial charge in [0.05, 0.1) is 18.8 Å². The number of nitrogens with two attached hydrogens (primary N) is 3. The lowest BCUT2D eigenvalue weighted by Gasteiger charge is -2.23. The van der Waals surface area contributed by atoms with Crippen LogP contribution in [0.25, 0.3) is 0 Å². The molecule has 166 valence electrons. The Labute approximate surface area is 171 Å². The van der Waals surface area contributed by atoms with Gasteiger partial charge in [-0.05, 0) is 6.92 Å². The number of nitrogens with zero attached hydrogens (tertiary/aromatic N) is 1. The number of aliphatic carboxylic acids is 1. The first kappa shape index (κ1) is 24.5. The second-order valence-electron chi connectivity index (χ2n) is 6.48. The normalized spacial score (nSPS) is 14.6. The molecule has 0 aliphatic carbocycles. The smallest absolute Gasteiger partial charge is 0.326 e. The van der Waals surface area contributed by atoms with Crippen molar-refractivity contribution in [2.45, 2.75) is 43.9 Å². The van der Waals surface area contributed by atoms with Crippen LogP contribution in [0.15, 0.2) is 12.5 Å². The van der Waals surface area contributed by atoms with E-state index in [1.165, 1.54) is 19.4 Å². The van der Waals surface area contributed by atoms with Crippen LogP contribution in [0.5, 0.6) is 0 Å². The minimum absolute atomic E-state index is 0.109.